The third kappa shape index (κ3) is 8.00. The Bertz CT molecular complexity index is 502. The second kappa shape index (κ2) is 13.8. The zero-order valence-corrected chi connectivity index (χ0v) is 18.0. The van der Waals surface area contributed by atoms with Gasteiger partial charge in [-0.15, -0.1) is 24.0 Å². The highest BCUT2D eigenvalue weighted by atomic mass is 127. The lowest BCUT2D eigenvalue weighted by Gasteiger charge is -2.14. The Hall–Kier alpha value is -1.42. The van der Waals surface area contributed by atoms with Gasteiger partial charge >= 0.3 is 0 Å². The van der Waals surface area contributed by atoms with Gasteiger partial charge in [-0.1, -0.05) is 0 Å². The Labute approximate surface area is 167 Å². The highest BCUT2D eigenvalue weighted by Gasteiger charge is 2.13. The summed E-state index contributed by atoms with van der Waals surface area (Å²) in [7, 11) is 4.79. The first-order valence-corrected chi connectivity index (χ1v) is 8.08. The normalized spacial score (nSPS) is 10.7. The van der Waals surface area contributed by atoms with E-state index in [9.17, 15) is 0 Å². The van der Waals surface area contributed by atoms with E-state index in [2.05, 4.69) is 15.6 Å². The van der Waals surface area contributed by atoms with Crippen molar-refractivity contribution in [2.24, 2.45) is 4.99 Å². The van der Waals surface area contributed by atoms with Gasteiger partial charge in [0.2, 0.25) is 5.75 Å². The van der Waals surface area contributed by atoms with E-state index < -0.39 is 0 Å². The summed E-state index contributed by atoms with van der Waals surface area (Å²) in [6, 6.07) is 3.79. The van der Waals surface area contributed by atoms with Crippen LogP contribution < -0.4 is 24.8 Å². The molecule has 0 aromatic heterocycles. The fourth-order valence-electron chi connectivity index (χ4n) is 2.12. The lowest BCUT2D eigenvalue weighted by molar-refractivity contribution is 0.152. The van der Waals surface area contributed by atoms with Gasteiger partial charge in [0.15, 0.2) is 17.5 Å². The van der Waals surface area contributed by atoms with Gasteiger partial charge in [0.05, 0.1) is 34.5 Å². The number of benzene rings is 1. The van der Waals surface area contributed by atoms with Gasteiger partial charge < -0.3 is 29.6 Å². The number of hydrogen-bond donors (Lipinski definition) is 2. The van der Waals surface area contributed by atoms with Crippen LogP contribution >= 0.6 is 24.0 Å². The second-order valence-electron chi connectivity index (χ2n) is 4.85. The zero-order chi connectivity index (χ0) is 17.8. The van der Waals surface area contributed by atoms with E-state index in [1.165, 1.54) is 0 Å². The molecule has 0 aliphatic heterocycles. The van der Waals surface area contributed by atoms with Crippen LogP contribution in [0.5, 0.6) is 17.2 Å². The summed E-state index contributed by atoms with van der Waals surface area (Å²) in [5.74, 6) is 2.56. The van der Waals surface area contributed by atoms with Gasteiger partial charge in [0.25, 0.3) is 0 Å². The molecule has 0 amide bonds. The molecule has 1 aromatic rings. The summed E-state index contributed by atoms with van der Waals surface area (Å²) in [6.45, 7) is 7.33. The Morgan fingerprint density at radius 3 is 2.12 bits per heavy atom. The van der Waals surface area contributed by atoms with Crippen LogP contribution in [0.25, 0.3) is 0 Å². The van der Waals surface area contributed by atoms with Crippen LogP contribution in [-0.2, 0) is 11.3 Å². The highest BCUT2D eigenvalue weighted by Crippen LogP contribution is 2.38. The topological polar surface area (TPSA) is 73.3 Å². The molecule has 144 valence electrons. The van der Waals surface area contributed by atoms with E-state index >= 15 is 0 Å². The molecular formula is C17H30IN3O4. The predicted molar refractivity (Wildman–Crippen MR) is 111 cm³/mol. The van der Waals surface area contributed by atoms with E-state index in [4.69, 9.17) is 18.9 Å². The first-order valence-electron chi connectivity index (χ1n) is 8.08. The Morgan fingerprint density at radius 1 is 1.00 bits per heavy atom. The van der Waals surface area contributed by atoms with Crippen LogP contribution in [0.2, 0.25) is 0 Å². The number of nitrogens with zero attached hydrogens (tertiary/aromatic N) is 1. The molecular weight excluding hydrogens is 437 g/mol. The quantitative estimate of drug-likeness (QED) is 0.238. The summed E-state index contributed by atoms with van der Waals surface area (Å²) in [5.41, 5.74) is 0.964. The third-order valence-corrected chi connectivity index (χ3v) is 3.23. The standard InChI is InChI=1S/C17H29N3O4.HI/c1-6-18-17(19-8-9-24-7-2)20-12-13-10-14(21-3)16(23-5)15(11-13)22-4;/h10-11H,6-9,12H2,1-5H3,(H2,18,19,20);1H. The molecule has 8 heteroatoms. The molecule has 0 saturated carbocycles. The number of hydrogen-bond acceptors (Lipinski definition) is 5. The molecule has 0 aliphatic rings. The number of nitrogens with one attached hydrogen (secondary N) is 2. The van der Waals surface area contributed by atoms with Crippen molar-refractivity contribution in [3.63, 3.8) is 0 Å². The van der Waals surface area contributed by atoms with Gasteiger partial charge in [0, 0.05) is 19.7 Å². The molecule has 0 bridgehead atoms. The van der Waals surface area contributed by atoms with Crippen LogP contribution in [0, 0.1) is 0 Å². The Morgan fingerprint density at radius 2 is 1.64 bits per heavy atom. The van der Waals surface area contributed by atoms with Crippen molar-refractivity contribution in [3.8, 4) is 17.2 Å². The first-order chi connectivity index (χ1) is 11.7. The van der Waals surface area contributed by atoms with Crippen molar-refractivity contribution in [2.45, 2.75) is 20.4 Å². The Balaban J connectivity index is 0.00000576. The highest BCUT2D eigenvalue weighted by molar-refractivity contribution is 14.0. The van der Waals surface area contributed by atoms with Crippen molar-refractivity contribution in [2.75, 3.05) is 47.6 Å². The van der Waals surface area contributed by atoms with Gasteiger partial charge in [-0.25, -0.2) is 4.99 Å². The molecule has 7 nitrogen and oxygen atoms in total. The van der Waals surface area contributed by atoms with Crippen LogP contribution in [0.4, 0.5) is 0 Å². The molecule has 0 saturated heterocycles. The predicted octanol–water partition coefficient (Wildman–Crippen LogP) is 2.42. The fraction of sp³-hybridized carbons (Fsp3) is 0.588. The summed E-state index contributed by atoms with van der Waals surface area (Å²) in [4.78, 5) is 4.57. The minimum Gasteiger partial charge on any atom is -0.493 e. The van der Waals surface area contributed by atoms with Crippen LogP contribution in [-0.4, -0.2) is 53.6 Å². The van der Waals surface area contributed by atoms with Gasteiger partial charge in [-0.2, -0.15) is 0 Å². The lowest BCUT2D eigenvalue weighted by atomic mass is 10.2. The summed E-state index contributed by atoms with van der Waals surface area (Å²) < 4.78 is 21.4. The fourth-order valence-corrected chi connectivity index (χ4v) is 2.12. The van der Waals surface area contributed by atoms with Crippen molar-refractivity contribution in [1.82, 2.24) is 10.6 Å². The molecule has 1 aromatic carbocycles. The average Bonchev–Trinajstić information content (AvgIpc) is 2.61. The van der Waals surface area contributed by atoms with Gasteiger partial charge in [-0.3, -0.25) is 0 Å². The molecule has 0 heterocycles. The molecule has 2 N–H and O–H groups in total. The van der Waals surface area contributed by atoms with Crippen LogP contribution in [0.1, 0.15) is 19.4 Å². The van der Waals surface area contributed by atoms with E-state index in [1.54, 1.807) is 21.3 Å². The number of ether oxygens (including phenoxy) is 4. The maximum atomic E-state index is 5.36. The molecule has 0 spiro atoms. The number of rotatable bonds is 10. The molecule has 0 radical (unpaired) electrons. The monoisotopic (exact) mass is 467 g/mol. The van der Waals surface area contributed by atoms with Crippen LogP contribution in [0.15, 0.2) is 17.1 Å². The first kappa shape index (κ1) is 23.6. The SMILES string of the molecule is CCNC(=NCc1cc(OC)c(OC)c(OC)c1)NCCOCC.I. The molecule has 0 atom stereocenters. The van der Waals surface area contributed by atoms with E-state index in [-0.39, 0.29) is 24.0 Å². The van der Waals surface area contributed by atoms with E-state index in [1.807, 2.05) is 26.0 Å². The van der Waals surface area contributed by atoms with Crippen molar-refractivity contribution >= 4 is 29.9 Å². The number of methoxy groups -OCH3 is 3. The number of halogens is 1. The van der Waals surface area contributed by atoms with Gasteiger partial charge in [-0.05, 0) is 31.5 Å². The van der Waals surface area contributed by atoms with Crippen molar-refractivity contribution in [3.05, 3.63) is 17.7 Å². The Kier molecular flexibility index (Phi) is 13.0. The maximum Gasteiger partial charge on any atom is 0.203 e. The largest absolute Gasteiger partial charge is 0.493 e. The third-order valence-electron chi connectivity index (χ3n) is 3.23. The summed E-state index contributed by atoms with van der Waals surface area (Å²) in [6.07, 6.45) is 0. The van der Waals surface area contributed by atoms with Crippen molar-refractivity contribution < 1.29 is 18.9 Å². The summed E-state index contributed by atoms with van der Waals surface area (Å²) >= 11 is 0. The number of aliphatic imine (C=N–C) groups is 1. The maximum absolute atomic E-state index is 5.36. The molecule has 0 fully saturated rings. The second-order valence-corrected chi connectivity index (χ2v) is 4.85. The smallest absolute Gasteiger partial charge is 0.203 e. The van der Waals surface area contributed by atoms with Crippen molar-refractivity contribution in [1.29, 1.82) is 0 Å². The van der Waals surface area contributed by atoms with Crippen LogP contribution in [0.3, 0.4) is 0 Å². The van der Waals surface area contributed by atoms with E-state index in [0.29, 0.717) is 43.6 Å². The zero-order valence-electron chi connectivity index (χ0n) is 15.7. The van der Waals surface area contributed by atoms with E-state index in [0.717, 1.165) is 18.1 Å². The average molecular weight is 467 g/mol. The van der Waals surface area contributed by atoms with Gasteiger partial charge in [0.1, 0.15) is 0 Å². The summed E-state index contributed by atoms with van der Waals surface area (Å²) in [5, 5.41) is 6.44. The molecule has 1 rings (SSSR count). The molecule has 25 heavy (non-hydrogen) atoms. The molecule has 0 aliphatic carbocycles. The number of guanidine groups is 1. The minimum absolute atomic E-state index is 0. The lowest BCUT2D eigenvalue weighted by Crippen LogP contribution is -2.39. The minimum atomic E-state index is 0. The molecule has 0 unspecified atom stereocenters.